The van der Waals surface area contributed by atoms with Gasteiger partial charge in [0.15, 0.2) is 5.82 Å². The second-order valence-electron chi connectivity index (χ2n) is 7.17. The Morgan fingerprint density at radius 1 is 1.13 bits per heavy atom. The molecule has 1 fully saturated rings. The molecule has 4 rings (SSSR count). The molecule has 1 aliphatic heterocycles. The van der Waals surface area contributed by atoms with E-state index < -0.39 is 0 Å². The lowest BCUT2D eigenvalue weighted by molar-refractivity contribution is 0.176. The SMILES string of the molecule is COCc1nnc(N2CCC(c3ccc(F)cc3Cl)CC2)n1-c1ccc(OC)nc1. The average molecular weight is 432 g/mol. The maximum absolute atomic E-state index is 13.4. The van der Waals surface area contributed by atoms with E-state index >= 15 is 0 Å². The van der Waals surface area contributed by atoms with Crippen LogP contribution in [0.2, 0.25) is 5.02 Å². The van der Waals surface area contributed by atoms with Gasteiger partial charge in [0.1, 0.15) is 12.4 Å². The van der Waals surface area contributed by atoms with Crippen molar-refractivity contribution in [2.24, 2.45) is 0 Å². The molecular formula is C21H23ClFN5O2. The van der Waals surface area contributed by atoms with Gasteiger partial charge < -0.3 is 14.4 Å². The van der Waals surface area contributed by atoms with Crippen molar-refractivity contribution in [3.63, 3.8) is 0 Å². The molecule has 1 saturated heterocycles. The average Bonchev–Trinajstić information content (AvgIpc) is 3.18. The molecule has 0 aliphatic carbocycles. The zero-order chi connectivity index (χ0) is 21.1. The third-order valence-corrected chi connectivity index (χ3v) is 5.68. The summed E-state index contributed by atoms with van der Waals surface area (Å²) in [6.07, 6.45) is 3.51. The normalized spacial score (nSPS) is 14.9. The molecule has 0 atom stereocenters. The topological polar surface area (TPSA) is 65.3 Å². The van der Waals surface area contributed by atoms with Crippen LogP contribution < -0.4 is 9.64 Å². The molecule has 3 aromatic rings. The number of nitrogens with zero attached hydrogens (tertiary/aromatic N) is 5. The summed E-state index contributed by atoms with van der Waals surface area (Å²) in [6.45, 7) is 1.90. The minimum Gasteiger partial charge on any atom is -0.481 e. The summed E-state index contributed by atoms with van der Waals surface area (Å²) < 4.78 is 25.8. The van der Waals surface area contributed by atoms with Gasteiger partial charge in [-0.3, -0.25) is 4.57 Å². The molecule has 0 bridgehead atoms. The van der Waals surface area contributed by atoms with E-state index in [-0.39, 0.29) is 11.7 Å². The standard InChI is InChI=1S/C21H23ClFN5O2/c1-29-13-19-25-26-21(28(19)16-4-6-20(30-2)24-12-16)27-9-7-14(8-10-27)17-5-3-15(23)11-18(17)22/h3-6,11-12,14H,7-10,13H2,1-2H3. The van der Waals surface area contributed by atoms with Gasteiger partial charge in [0.2, 0.25) is 11.8 Å². The van der Waals surface area contributed by atoms with E-state index in [1.807, 2.05) is 10.6 Å². The van der Waals surface area contributed by atoms with Crippen LogP contribution in [-0.2, 0) is 11.3 Å². The number of ether oxygens (including phenoxy) is 2. The van der Waals surface area contributed by atoms with Gasteiger partial charge in [0.25, 0.3) is 0 Å². The van der Waals surface area contributed by atoms with Crippen LogP contribution in [0.3, 0.4) is 0 Å². The maximum Gasteiger partial charge on any atom is 0.232 e. The van der Waals surface area contributed by atoms with Crippen LogP contribution in [0, 0.1) is 5.82 Å². The van der Waals surface area contributed by atoms with Crippen LogP contribution in [0.15, 0.2) is 36.5 Å². The molecule has 158 valence electrons. The van der Waals surface area contributed by atoms with Gasteiger partial charge in [-0.25, -0.2) is 9.37 Å². The highest BCUT2D eigenvalue weighted by Gasteiger charge is 2.27. The van der Waals surface area contributed by atoms with Crippen LogP contribution in [-0.4, -0.2) is 47.1 Å². The Bertz CT molecular complexity index is 1000. The summed E-state index contributed by atoms with van der Waals surface area (Å²) in [5, 5.41) is 9.24. The van der Waals surface area contributed by atoms with E-state index in [1.54, 1.807) is 32.5 Å². The summed E-state index contributed by atoms with van der Waals surface area (Å²) in [5.41, 5.74) is 1.84. The van der Waals surface area contributed by atoms with Gasteiger partial charge in [0.05, 0.1) is 19.0 Å². The first kappa shape index (κ1) is 20.6. The fourth-order valence-electron chi connectivity index (χ4n) is 3.85. The highest BCUT2D eigenvalue weighted by Crippen LogP contribution is 2.35. The van der Waals surface area contributed by atoms with Crippen molar-refractivity contribution in [1.82, 2.24) is 19.7 Å². The largest absolute Gasteiger partial charge is 0.481 e. The predicted molar refractivity (Wildman–Crippen MR) is 112 cm³/mol. The Morgan fingerprint density at radius 3 is 2.57 bits per heavy atom. The lowest BCUT2D eigenvalue weighted by Gasteiger charge is -2.33. The number of methoxy groups -OCH3 is 2. The van der Waals surface area contributed by atoms with Crippen molar-refractivity contribution in [2.45, 2.75) is 25.4 Å². The van der Waals surface area contributed by atoms with Crippen LogP contribution in [0.4, 0.5) is 10.3 Å². The zero-order valence-corrected chi connectivity index (χ0v) is 17.6. The highest BCUT2D eigenvalue weighted by atomic mass is 35.5. The molecule has 2 aromatic heterocycles. The lowest BCUT2D eigenvalue weighted by atomic mass is 9.89. The number of benzene rings is 1. The van der Waals surface area contributed by atoms with E-state index in [9.17, 15) is 4.39 Å². The molecule has 0 amide bonds. The number of hydrogen-bond acceptors (Lipinski definition) is 6. The van der Waals surface area contributed by atoms with Crippen molar-refractivity contribution >= 4 is 17.5 Å². The molecule has 0 radical (unpaired) electrons. The Balaban J connectivity index is 1.57. The molecule has 1 aliphatic rings. The monoisotopic (exact) mass is 431 g/mol. The first-order valence-electron chi connectivity index (χ1n) is 9.74. The smallest absolute Gasteiger partial charge is 0.232 e. The second kappa shape index (κ2) is 8.97. The summed E-state index contributed by atoms with van der Waals surface area (Å²) >= 11 is 6.27. The van der Waals surface area contributed by atoms with Gasteiger partial charge in [-0.15, -0.1) is 10.2 Å². The zero-order valence-electron chi connectivity index (χ0n) is 16.9. The highest BCUT2D eigenvalue weighted by molar-refractivity contribution is 6.31. The van der Waals surface area contributed by atoms with E-state index in [0.717, 1.165) is 43.1 Å². The summed E-state index contributed by atoms with van der Waals surface area (Å²) in [4.78, 5) is 6.50. The van der Waals surface area contributed by atoms with Crippen molar-refractivity contribution in [1.29, 1.82) is 0 Å². The number of anilines is 1. The van der Waals surface area contributed by atoms with Gasteiger partial charge in [-0.05, 0) is 42.5 Å². The van der Waals surface area contributed by atoms with Crippen LogP contribution in [0.5, 0.6) is 5.88 Å². The lowest BCUT2D eigenvalue weighted by Crippen LogP contribution is -2.35. The van der Waals surface area contributed by atoms with Crippen molar-refractivity contribution in [2.75, 3.05) is 32.2 Å². The summed E-state index contributed by atoms with van der Waals surface area (Å²) in [5.74, 6) is 1.96. The number of hydrogen-bond donors (Lipinski definition) is 0. The third kappa shape index (κ3) is 4.11. The molecular weight excluding hydrogens is 409 g/mol. The molecule has 1 aromatic carbocycles. The molecule has 9 heteroatoms. The van der Waals surface area contributed by atoms with Gasteiger partial charge in [0, 0.05) is 31.3 Å². The van der Waals surface area contributed by atoms with Gasteiger partial charge in [-0.1, -0.05) is 17.7 Å². The fourth-order valence-corrected chi connectivity index (χ4v) is 4.17. The first-order chi connectivity index (χ1) is 14.6. The van der Waals surface area contributed by atoms with Crippen LogP contribution in [0.1, 0.15) is 30.1 Å². The Morgan fingerprint density at radius 2 is 1.93 bits per heavy atom. The Hall–Kier alpha value is -2.71. The van der Waals surface area contributed by atoms with E-state index in [4.69, 9.17) is 21.1 Å². The number of piperidine rings is 1. The van der Waals surface area contributed by atoms with Crippen LogP contribution >= 0.6 is 11.6 Å². The number of halogens is 2. The quantitative estimate of drug-likeness (QED) is 0.588. The number of aromatic nitrogens is 4. The molecule has 0 N–H and O–H groups in total. The predicted octanol–water partition coefficient (Wildman–Crippen LogP) is 3.99. The third-order valence-electron chi connectivity index (χ3n) is 5.35. The first-order valence-corrected chi connectivity index (χ1v) is 10.1. The Kier molecular flexibility index (Phi) is 6.15. The van der Waals surface area contributed by atoms with Gasteiger partial charge >= 0.3 is 0 Å². The Labute approximate surface area is 179 Å². The molecule has 0 spiro atoms. The fraction of sp³-hybridized carbons (Fsp3) is 0.381. The van der Waals surface area contributed by atoms with Crippen molar-refractivity contribution in [3.05, 3.63) is 58.8 Å². The molecule has 0 saturated carbocycles. The van der Waals surface area contributed by atoms with Crippen molar-refractivity contribution in [3.8, 4) is 11.6 Å². The van der Waals surface area contributed by atoms with E-state index in [2.05, 4.69) is 20.1 Å². The molecule has 30 heavy (non-hydrogen) atoms. The number of pyridine rings is 1. The molecule has 3 heterocycles. The minimum atomic E-state index is -0.312. The second-order valence-corrected chi connectivity index (χ2v) is 7.58. The van der Waals surface area contributed by atoms with Crippen molar-refractivity contribution < 1.29 is 13.9 Å². The minimum absolute atomic E-state index is 0.284. The summed E-state index contributed by atoms with van der Waals surface area (Å²) in [6, 6.07) is 8.37. The van der Waals surface area contributed by atoms with Crippen LogP contribution in [0.25, 0.3) is 5.69 Å². The molecule has 0 unspecified atom stereocenters. The number of rotatable bonds is 6. The summed E-state index contributed by atoms with van der Waals surface area (Å²) in [7, 11) is 3.21. The molecule has 7 nitrogen and oxygen atoms in total. The van der Waals surface area contributed by atoms with Gasteiger partial charge in [-0.2, -0.15) is 0 Å². The van der Waals surface area contributed by atoms with E-state index in [1.165, 1.54) is 12.1 Å². The maximum atomic E-state index is 13.4. The van der Waals surface area contributed by atoms with E-state index in [0.29, 0.717) is 23.3 Å².